The Balaban J connectivity index is 1.88. The van der Waals surface area contributed by atoms with Gasteiger partial charge >= 0.3 is 5.97 Å². The third kappa shape index (κ3) is 4.37. The third-order valence-corrected chi connectivity index (χ3v) is 3.75. The molecular weight excluding hydrogens is 302 g/mol. The van der Waals surface area contributed by atoms with Crippen molar-refractivity contribution < 1.29 is 19.3 Å². The number of benzene rings is 1. The number of hydrogen-bond donors (Lipinski definition) is 0. The Kier molecular flexibility index (Phi) is 5.65. The Morgan fingerprint density at radius 3 is 2.68 bits per heavy atom. The van der Waals surface area contributed by atoms with Crippen molar-refractivity contribution in [3.8, 4) is 10.6 Å². The smallest absolute Gasteiger partial charge is 0.341 e. The van der Waals surface area contributed by atoms with Gasteiger partial charge in [0.15, 0.2) is 5.60 Å². The summed E-state index contributed by atoms with van der Waals surface area (Å²) in [7, 11) is 0. The van der Waals surface area contributed by atoms with E-state index in [2.05, 4.69) is 4.98 Å². The first-order valence-corrected chi connectivity index (χ1v) is 7.88. The van der Waals surface area contributed by atoms with Crippen molar-refractivity contribution in [2.24, 2.45) is 0 Å². The van der Waals surface area contributed by atoms with Crippen LogP contribution in [0.2, 0.25) is 0 Å². The van der Waals surface area contributed by atoms with E-state index < -0.39 is 11.6 Å². The largest absolute Gasteiger partial charge is 0.464 e. The lowest BCUT2D eigenvalue weighted by Crippen LogP contribution is -2.36. The van der Waals surface area contributed by atoms with Crippen LogP contribution in [0, 0.1) is 0 Å². The zero-order valence-corrected chi connectivity index (χ0v) is 13.7. The number of esters is 1. The zero-order chi connectivity index (χ0) is 16.0. The molecule has 0 aliphatic heterocycles. The number of carbonyl (C=O) groups is 1. The highest BCUT2D eigenvalue weighted by atomic mass is 32.1. The van der Waals surface area contributed by atoms with E-state index in [1.807, 2.05) is 35.7 Å². The van der Waals surface area contributed by atoms with Crippen molar-refractivity contribution in [1.82, 2.24) is 4.98 Å². The summed E-state index contributed by atoms with van der Waals surface area (Å²) in [5.41, 5.74) is 0.670. The molecule has 0 aliphatic rings. The van der Waals surface area contributed by atoms with Crippen LogP contribution in [0.5, 0.6) is 0 Å². The fourth-order valence-electron chi connectivity index (χ4n) is 1.66. The molecule has 0 amide bonds. The van der Waals surface area contributed by atoms with E-state index in [1.165, 1.54) is 11.3 Å². The van der Waals surface area contributed by atoms with Gasteiger partial charge in [-0.2, -0.15) is 0 Å². The molecule has 1 aromatic carbocycles. The summed E-state index contributed by atoms with van der Waals surface area (Å²) in [6, 6.07) is 9.91. The summed E-state index contributed by atoms with van der Waals surface area (Å²) >= 11 is 1.54. The van der Waals surface area contributed by atoms with Crippen LogP contribution < -0.4 is 0 Å². The van der Waals surface area contributed by atoms with Gasteiger partial charge in [0.1, 0.15) is 11.6 Å². The first kappa shape index (κ1) is 16.6. The molecule has 1 aromatic heterocycles. The Labute approximate surface area is 133 Å². The second kappa shape index (κ2) is 7.49. The van der Waals surface area contributed by atoms with Crippen LogP contribution in [0.1, 0.15) is 26.5 Å². The van der Waals surface area contributed by atoms with E-state index >= 15 is 0 Å². The fraction of sp³-hybridized carbons (Fsp3) is 0.375. The second-order valence-corrected chi connectivity index (χ2v) is 5.94. The van der Waals surface area contributed by atoms with Crippen LogP contribution in [0.25, 0.3) is 10.6 Å². The molecule has 22 heavy (non-hydrogen) atoms. The first-order valence-electron chi connectivity index (χ1n) is 7.00. The molecule has 0 bridgehead atoms. The Hall–Kier alpha value is -1.76. The molecule has 0 fully saturated rings. The lowest BCUT2D eigenvalue weighted by atomic mass is 10.1. The topological polar surface area (TPSA) is 57.7 Å². The normalized spacial score (nSPS) is 11.4. The number of hydrogen-bond acceptors (Lipinski definition) is 6. The zero-order valence-electron chi connectivity index (χ0n) is 12.9. The standard InChI is InChI=1S/C16H19NO4S/c1-4-19-15(18)16(2,3)21-20-10-13-11-22-14(17-13)12-8-6-5-7-9-12/h5-9,11H,4,10H2,1-3H3. The highest BCUT2D eigenvalue weighted by Gasteiger charge is 2.32. The molecule has 0 saturated heterocycles. The van der Waals surface area contributed by atoms with E-state index in [-0.39, 0.29) is 6.61 Å². The Morgan fingerprint density at radius 2 is 2.00 bits per heavy atom. The molecule has 0 atom stereocenters. The number of nitrogens with zero attached hydrogens (tertiary/aromatic N) is 1. The van der Waals surface area contributed by atoms with E-state index in [0.717, 1.165) is 16.3 Å². The van der Waals surface area contributed by atoms with Crippen LogP contribution in [-0.2, 0) is 25.9 Å². The summed E-state index contributed by atoms with van der Waals surface area (Å²) in [6.45, 7) is 5.42. The average molecular weight is 321 g/mol. The molecule has 2 rings (SSSR count). The van der Waals surface area contributed by atoms with Crippen molar-refractivity contribution in [1.29, 1.82) is 0 Å². The van der Waals surface area contributed by atoms with Crippen molar-refractivity contribution in [3.63, 3.8) is 0 Å². The molecule has 0 N–H and O–H groups in total. The molecule has 6 heteroatoms. The minimum atomic E-state index is -1.14. The van der Waals surface area contributed by atoms with E-state index in [4.69, 9.17) is 14.5 Å². The predicted octanol–water partition coefficient (Wildman–Crippen LogP) is 3.60. The summed E-state index contributed by atoms with van der Waals surface area (Å²) in [6.07, 6.45) is 0. The third-order valence-electron chi connectivity index (χ3n) is 2.81. The first-order chi connectivity index (χ1) is 10.5. The molecule has 0 saturated carbocycles. The van der Waals surface area contributed by atoms with E-state index in [1.54, 1.807) is 20.8 Å². The summed E-state index contributed by atoms with van der Waals surface area (Å²) in [4.78, 5) is 26.4. The number of aromatic nitrogens is 1. The van der Waals surface area contributed by atoms with Crippen LogP contribution >= 0.6 is 11.3 Å². The quantitative estimate of drug-likeness (QED) is 0.443. The van der Waals surface area contributed by atoms with Gasteiger partial charge in [-0.1, -0.05) is 30.3 Å². The van der Waals surface area contributed by atoms with Crippen molar-refractivity contribution in [2.45, 2.75) is 33.0 Å². The maximum Gasteiger partial charge on any atom is 0.341 e. The van der Waals surface area contributed by atoms with Gasteiger partial charge in [-0.05, 0) is 20.8 Å². The van der Waals surface area contributed by atoms with Crippen LogP contribution in [0.15, 0.2) is 35.7 Å². The van der Waals surface area contributed by atoms with Gasteiger partial charge in [0.25, 0.3) is 0 Å². The SMILES string of the molecule is CCOC(=O)C(C)(C)OOCc1csc(-c2ccccc2)n1. The maximum atomic E-state index is 11.7. The Bertz CT molecular complexity index is 610. The molecule has 0 unspecified atom stereocenters. The maximum absolute atomic E-state index is 11.7. The Morgan fingerprint density at radius 1 is 1.27 bits per heavy atom. The van der Waals surface area contributed by atoms with Gasteiger partial charge < -0.3 is 4.74 Å². The lowest BCUT2D eigenvalue weighted by molar-refractivity contribution is -0.355. The van der Waals surface area contributed by atoms with E-state index in [0.29, 0.717) is 6.61 Å². The fourth-order valence-corrected chi connectivity index (χ4v) is 2.47. The van der Waals surface area contributed by atoms with Gasteiger partial charge in [-0.15, -0.1) is 11.3 Å². The minimum Gasteiger partial charge on any atom is -0.464 e. The summed E-state index contributed by atoms with van der Waals surface area (Å²) in [5.74, 6) is -0.460. The molecule has 118 valence electrons. The van der Waals surface area contributed by atoms with Crippen molar-refractivity contribution >= 4 is 17.3 Å². The van der Waals surface area contributed by atoms with Crippen LogP contribution in [0.4, 0.5) is 0 Å². The van der Waals surface area contributed by atoms with Crippen LogP contribution in [0.3, 0.4) is 0 Å². The van der Waals surface area contributed by atoms with Gasteiger partial charge in [0.2, 0.25) is 0 Å². The van der Waals surface area contributed by atoms with E-state index in [9.17, 15) is 4.79 Å². The molecule has 5 nitrogen and oxygen atoms in total. The molecular formula is C16H19NO4S. The summed E-state index contributed by atoms with van der Waals surface area (Å²) < 4.78 is 4.91. The van der Waals surface area contributed by atoms with Crippen molar-refractivity contribution in [2.75, 3.05) is 6.61 Å². The van der Waals surface area contributed by atoms with Crippen molar-refractivity contribution in [3.05, 3.63) is 41.4 Å². The van der Waals surface area contributed by atoms with Crippen LogP contribution in [-0.4, -0.2) is 23.2 Å². The lowest BCUT2D eigenvalue weighted by Gasteiger charge is -2.20. The predicted molar refractivity (Wildman–Crippen MR) is 84.1 cm³/mol. The van der Waals surface area contributed by atoms with Gasteiger partial charge in [0.05, 0.1) is 12.3 Å². The molecule has 0 radical (unpaired) electrons. The second-order valence-electron chi connectivity index (χ2n) is 5.09. The number of ether oxygens (including phenoxy) is 1. The highest BCUT2D eigenvalue weighted by Crippen LogP contribution is 2.24. The molecule has 1 heterocycles. The number of rotatable bonds is 7. The minimum absolute atomic E-state index is 0.173. The molecule has 2 aromatic rings. The number of carbonyl (C=O) groups excluding carboxylic acids is 1. The average Bonchev–Trinajstić information content (AvgIpc) is 2.97. The molecule has 0 spiro atoms. The van der Waals surface area contributed by atoms with Gasteiger partial charge in [-0.3, -0.25) is 0 Å². The van der Waals surface area contributed by atoms with Gasteiger partial charge in [-0.25, -0.2) is 19.6 Å². The monoisotopic (exact) mass is 321 g/mol. The summed E-state index contributed by atoms with van der Waals surface area (Å²) in [5, 5.41) is 2.83. The van der Waals surface area contributed by atoms with Gasteiger partial charge in [0, 0.05) is 10.9 Å². The molecule has 0 aliphatic carbocycles. The highest BCUT2D eigenvalue weighted by molar-refractivity contribution is 7.13. The number of thiazole rings is 1.